The first-order valence-corrected chi connectivity index (χ1v) is 10.2. The van der Waals surface area contributed by atoms with Crippen LogP contribution in [0.15, 0.2) is 18.2 Å². The molecule has 25 heavy (non-hydrogen) atoms. The summed E-state index contributed by atoms with van der Waals surface area (Å²) in [5.41, 5.74) is 1.07. The number of nitrogens with zero attached hydrogens (tertiary/aromatic N) is 2. The first kappa shape index (κ1) is 18.2. The summed E-state index contributed by atoms with van der Waals surface area (Å²) in [7, 11) is 0. The molecule has 2 fully saturated rings. The van der Waals surface area contributed by atoms with E-state index < -0.39 is 6.09 Å². The Hall–Kier alpha value is -1.61. The Morgan fingerprint density at radius 3 is 2.88 bits per heavy atom. The predicted octanol–water partition coefficient (Wildman–Crippen LogP) is 2.49. The van der Waals surface area contributed by atoms with Gasteiger partial charge in [0, 0.05) is 31.5 Å². The fraction of sp³-hybridized carbons (Fsp3) is 0.500. The number of carbonyl (C=O) groups is 2. The molecule has 2 saturated heterocycles. The predicted molar refractivity (Wildman–Crippen MR) is 99.8 cm³/mol. The third-order valence-electron chi connectivity index (χ3n) is 3.95. The molecule has 3 rings (SSSR count). The number of amides is 2. The Kier molecular flexibility index (Phi) is 5.95. The summed E-state index contributed by atoms with van der Waals surface area (Å²) < 4.78 is 22.4. The molecule has 2 heterocycles. The molecular weight excluding hydrogens is 365 g/mol. The normalized spacial score (nSPS) is 20.6. The van der Waals surface area contributed by atoms with Crippen molar-refractivity contribution in [3.63, 3.8) is 0 Å². The number of nitrogens with one attached hydrogen (secondary N) is 1. The van der Waals surface area contributed by atoms with Gasteiger partial charge < -0.3 is 14.4 Å². The van der Waals surface area contributed by atoms with E-state index in [0.29, 0.717) is 23.7 Å². The Bertz CT molecular complexity index is 656. The summed E-state index contributed by atoms with van der Waals surface area (Å²) in [6, 6.07) is 4.87. The standard InChI is InChI=1S/C16H20FN3O3S2/c1-11(21)18-25-10-13-9-20(16(22)23-13)12-2-3-15(14(17)8-12)19-4-6-24-7-5-19/h2-3,8,13H,4-7,9-10H2,1H3,(H,18,21)/t13-/m0/s1. The Balaban J connectivity index is 1.64. The van der Waals surface area contributed by atoms with Crippen molar-refractivity contribution in [3.8, 4) is 0 Å². The molecule has 0 unspecified atom stereocenters. The highest BCUT2D eigenvalue weighted by Gasteiger charge is 2.33. The molecule has 1 aromatic carbocycles. The second kappa shape index (κ2) is 8.18. The number of carbonyl (C=O) groups excluding carboxylic acids is 2. The number of benzene rings is 1. The second-order valence-electron chi connectivity index (χ2n) is 5.82. The van der Waals surface area contributed by atoms with E-state index in [9.17, 15) is 14.0 Å². The van der Waals surface area contributed by atoms with Crippen LogP contribution in [0.3, 0.4) is 0 Å². The fourth-order valence-electron chi connectivity index (χ4n) is 2.78. The van der Waals surface area contributed by atoms with Gasteiger partial charge in [0.15, 0.2) is 0 Å². The van der Waals surface area contributed by atoms with Crippen LogP contribution >= 0.6 is 23.7 Å². The third-order valence-corrected chi connectivity index (χ3v) is 5.87. The highest BCUT2D eigenvalue weighted by molar-refractivity contribution is 7.99. The minimum atomic E-state index is -0.491. The van der Waals surface area contributed by atoms with Crippen molar-refractivity contribution in [3.05, 3.63) is 24.0 Å². The minimum absolute atomic E-state index is 0.153. The van der Waals surface area contributed by atoms with Crippen molar-refractivity contribution >= 4 is 47.1 Å². The lowest BCUT2D eigenvalue weighted by atomic mass is 10.2. The number of anilines is 2. The molecule has 136 valence electrons. The summed E-state index contributed by atoms with van der Waals surface area (Å²) in [6.07, 6.45) is -0.832. The van der Waals surface area contributed by atoms with Crippen LogP contribution in [0.1, 0.15) is 6.92 Å². The second-order valence-corrected chi connectivity index (χ2v) is 7.87. The lowest BCUT2D eigenvalue weighted by Gasteiger charge is -2.29. The van der Waals surface area contributed by atoms with Crippen LogP contribution in [0.2, 0.25) is 0 Å². The zero-order valence-electron chi connectivity index (χ0n) is 13.9. The van der Waals surface area contributed by atoms with Crippen molar-refractivity contribution in [2.45, 2.75) is 13.0 Å². The lowest BCUT2D eigenvalue weighted by molar-refractivity contribution is -0.117. The van der Waals surface area contributed by atoms with Gasteiger partial charge in [-0.3, -0.25) is 9.69 Å². The van der Waals surface area contributed by atoms with Crippen molar-refractivity contribution in [1.82, 2.24) is 4.72 Å². The van der Waals surface area contributed by atoms with Gasteiger partial charge in [-0.25, -0.2) is 9.18 Å². The van der Waals surface area contributed by atoms with Crippen LogP contribution in [0, 0.1) is 5.82 Å². The molecule has 2 amide bonds. The molecule has 0 aromatic heterocycles. The molecule has 0 radical (unpaired) electrons. The molecule has 2 aliphatic heterocycles. The summed E-state index contributed by atoms with van der Waals surface area (Å²) in [5, 5.41) is 0. The fourth-order valence-corrected chi connectivity index (χ4v) is 4.33. The van der Waals surface area contributed by atoms with E-state index in [4.69, 9.17) is 4.74 Å². The number of hydrogen-bond acceptors (Lipinski definition) is 6. The summed E-state index contributed by atoms with van der Waals surface area (Å²) >= 11 is 3.07. The molecule has 0 aliphatic carbocycles. The summed E-state index contributed by atoms with van der Waals surface area (Å²) in [6.45, 7) is 3.42. The van der Waals surface area contributed by atoms with Gasteiger partial charge >= 0.3 is 6.09 Å². The quantitative estimate of drug-likeness (QED) is 0.786. The number of ether oxygens (including phenoxy) is 1. The number of rotatable bonds is 5. The van der Waals surface area contributed by atoms with Crippen molar-refractivity contribution in [2.24, 2.45) is 0 Å². The van der Waals surface area contributed by atoms with Gasteiger partial charge in [0.25, 0.3) is 0 Å². The first-order chi connectivity index (χ1) is 12.0. The van der Waals surface area contributed by atoms with Crippen LogP contribution in [0.25, 0.3) is 0 Å². The van der Waals surface area contributed by atoms with Gasteiger partial charge in [-0.2, -0.15) is 11.8 Å². The van der Waals surface area contributed by atoms with Crippen molar-refractivity contribution in [2.75, 3.05) is 46.7 Å². The highest BCUT2D eigenvalue weighted by atomic mass is 32.2. The lowest BCUT2D eigenvalue weighted by Crippen LogP contribution is -2.33. The number of halogens is 1. The Morgan fingerprint density at radius 2 is 2.20 bits per heavy atom. The molecule has 1 aromatic rings. The summed E-state index contributed by atoms with van der Waals surface area (Å²) in [4.78, 5) is 26.4. The van der Waals surface area contributed by atoms with E-state index in [-0.39, 0.29) is 17.8 Å². The maximum absolute atomic E-state index is 14.5. The monoisotopic (exact) mass is 385 g/mol. The Morgan fingerprint density at radius 1 is 1.44 bits per heavy atom. The molecule has 1 atom stereocenters. The minimum Gasteiger partial charge on any atom is -0.443 e. The molecule has 0 bridgehead atoms. The molecular formula is C16H20FN3O3S2. The van der Waals surface area contributed by atoms with Gasteiger partial charge in [-0.1, -0.05) is 0 Å². The largest absolute Gasteiger partial charge is 0.443 e. The number of hydrogen-bond donors (Lipinski definition) is 1. The zero-order valence-corrected chi connectivity index (χ0v) is 15.5. The van der Waals surface area contributed by atoms with Crippen molar-refractivity contribution < 1.29 is 18.7 Å². The van der Waals surface area contributed by atoms with Gasteiger partial charge in [-0.15, -0.1) is 0 Å². The average molecular weight is 385 g/mol. The van der Waals surface area contributed by atoms with E-state index in [2.05, 4.69) is 4.72 Å². The van der Waals surface area contributed by atoms with Crippen LogP contribution in [-0.4, -0.2) is 55.0 Å². The summed E-state index contributed by atoms with van der Waals surface area (Å²) in [5.74, 6) is 1.96. The maximum Gasteiger partial charge on any atom is 0.414 e. The van der Waals surface area contributed by atoms with E-state index in [1.807, 2.05) is 16.7 Å². The van der Waals surface area contributed by atoms with E-state index >= 15 is 0 Å². The van der Waals surface area contributed by atoms with Gasteiger partial charge in [-0.05, 0) is 30.1 Å². The molecule has 9 heteroatoms. The van der Waals surface area contributed by atoms with Crippen LogP contribution in [0.5, 0.6) is 0 Å². The van der Waals surface area contributed by atoms with Crippen LogP contribution < -0.4 is 14.5 Å². The Labute approximate surface area is 154 Å². The maximum atomic E-state index is 14.5. The molecule has 1 N–H and O–H groups in total. The third kappa shape index (κ3) is 4.52. The first-order valence-electron chi connectivity index (χ1n) is 8.03. The highest BCUT2D eigenvalue weighted by Crippen LogP contribution is 2.29. The number of cyclic esters (lactones) is 1. The van der Waals surface area contributed by atoms with Gasteiger partial charge in [0.2, 0.25) is 5.91 Å². The number of thioether (sulfide) groups is 1. The molecule has 0 spiro atoms. The SMILES string of the molecule is CC(=O)NSC[C@@H]1CN(c2ccc(N3CCSCC3)c(F)c2)C(=O)O1. The van der Waals surface area contributed by atoms with Crippen LogP contribution in [0.4, 0.5) is 20.6 Å². The molecule has 6 nitrogen and oxygen atoms in total. The molecule has 2 aliphatic rings. The topological polar surface area (TPSA) is 61.9 Å². The van der Waals surface area contributed by atoms with E-state index in [1.165, 1.54) is 29.8 Å². The average Bonchev–Trinajstić information content (AvgIpc) is 2.96. The van der Waals surface area contributed by atoms with E-state index in [1.54, 1.807) is 12.1 Å². The van der Waals surface area contributed by atoms with Crippen LogP contribution in [-0.2, 0) is 9.53 Å². The zero-order chi connectivity index (χ0) is 17.8. The van der Waals surface area contributed by atoms with Gasteiger partial charge in [0.1, 0.15) is 11.9 Å². The molecule has 0 saturated carbocycles. The van der Waals surface area contributed by atoms with E-state index in [0.717, 1.165) is 24.6 Å². The van der Waals surface area contributed by atoms with Gasteiger partial charge in [0.05, 0.1) is 23.7 Å². The van der Waals surface area contributed by atoms with Crippen molar-refractivity contribution in [1.29, 1.82) is 0 Å². The smallest absolute Gasteiger partial charge is 0.414 e.